The maximum atomic E-state index is 13.1. The maximum Gasteiger partial charge on any atom is 0.338 e. The van der Waals surface area contributed by atoms with Crippen molar-refractivity contribution in [3.63, 3.8) is 0 Å². The maximum absolute atomic E-state index is 13.1. The first-order valence-electron chi connectivity index (χ1n) is 10.0. The molecule has 0 aromatic heterocycles. The van der Waals surface area contributed by atoms with Crippen molar-refractivity contribution in [2.24, 2.45) is 11.8 Å². The Labute approximate surface area is 167 Å². The fourth-order valence-corrected chi connectivity index (χ4v) is 4.00. The third-order valence-electron chi connectivity index (χ3n) is 6.06. The van der Waals surface area contributed by atoms with Gasteiger partial charge >= 0.3 is 12.0 Å². The number of ether oxygens (including phenoxy) is 1. The van der Waals surface area contributed by atoms with Crippen molar-refractivity contribution < 1.29 is 14.3 Å². The van der Waals surface area contributed by atoms with Crippen LogP contribution in [0.15, 0.2) is 35.5 Å². The highest BCUT2D eigenvalue weighted by Crippen LogP contribution is 2.33. The number of hydrogen-bond donors (Lipinski definition) is 2. The molecule has 0 bridgehead atoms. The molecule has 0 radical (unpaired) electrons. The lowest BCUT2D eigenvalue weighted by molar-refractivity contribution is -0.147. The highest BCUT2D eigenvalue weighted by atomic mass is 16.5. The van der Waals surface area contributed by atoms with Gasteiger partial charge in [-0.05, 0) is 55.7 Å². The Morgan fingerprint density at radius 2 is 1.79 bits per heavy atom. The minimum Gasteiger partial charge on any atom is -0.459 e. The summed E-state index contributed by atoms with van der Waals surface area (Å²) >= 11 is 0. The first-order valence-corrected chi connectivity index (χ1v) is 10.0. The van der Waals surface area contributed by atoms with E-state index < -0.39 is 6.04 Å². The van der Waals surface area contributed by atoms with E-state index in [1.54, 1.807) is 6.92 Å². The van der Waals surface area contributed by atoms with Crippen LogP contribution in [0, 0.1) is 11.8 Å². The van der Waals surface area contributed by atoms with Crippen LogP contribution in [0.5, 0.6) is 0 Å². The smallest absolute Gasteiger partial charge is 0.338 e. The van der Waals surface area contributed by atoms with Crippen LogP contribution in [-0.2, 0) is 9.53 Å². The average molecular weight is 386 g/mol. The quantitative estimate of drug-likeness (QED) is 0.775. The van der Waals surface area contributed by atoms with Crippen molar-refractivity contribution in [2.45, 2.75) is 52.2 Å². The SMILES string of the molecule is CC1=C(C(=O)O[C@@H]2CC[C@H](C)[C@H](C)C2)[C@H](c2ccc(N(C)C)cc2)NC(=O)N1. The van der Waals surface area contributed by atoms with Crippen molar-refractivity contribution in [1.82, 2.24) is 10.6 Å². The second-order valence-corrected chi connectivity index (χ2v) is 8.35. The van der Waals surface area contributed by atoms with Gasteiger partial charge in [-0.25, -0.2) is 9.59 Å². The van der Waals surface area contributed by atoms with Gasteiger partial charge in [-0.15, -0.1) is 0 Å². The number of anilines is 1. The molecular weight excluding hydrogens is 354 g/mol. The third kappa shape index (κ3) is 4.32. The van der Waals surface area contributed by atoms with Gasteiger partial charge in [0.2, 0.25) is 0 Å². The number of allylic oxidation sites excluding steroid dienone is 1. The Morgan fingerprint density at radius 1 is 1.11 bits per heavy atom. The molecule has 2 aliphatic rings. The number of benzene rings is 1. The lowest BCUT2D eigenvalue weighted by atomic mass is 9.80. The Hall–Kier alpha value is -2.50. The number of carbonyl (C=O) groups excluding carboxylic acids is 2. The number of hydrogen-bond acceptors (Lipinski definition) is 4. The first-order chi connectivity index (χ1) is 13.3. The van der Waals surface area contributed by atoms with E-state index in [0.29, 0.717) is 23.1 Å². The standard InChI is InChI=1S/C22H31N3O3/c1-13-6-11-18(12-14(13)2)28-21(26)19-15(3)23-22(27)24-20(19)16-7-9-17(10-8-16)25(4)5/h7-10,13-14,18,20H,6,11-12H2,1-5H3,(H2,23,24,27)/t13-,14+,18+,20-/m0/s1. The van der Waals surface area contributed by atoms with E-state index in [2.05, 4.69) is 24.5 Å². The zero-order valence-corrected chi connectivity index (χ0v) is 17.4. The fourth-order valence-electron chi connectivity index (χ4n) is 4.00. The number of carbonyl (C=O) groups is 2. The van der Waals surface area contributed by atoms with Crippen LogP contribution < -0.4 is 15.5 Å². The second kappa shape index (κ2) is 8.25. The number of esters is 1. The molecule has 4 atom stereocenters. The molecule has 2 amide bonds. The molecule has 28 heavy (non-hydrogen) atoms. The van der Waals surface area contributed by atoms with Crippen LogP contribution in [0.25, 0.3) is 0 Å². The van der Waals surface area contributed by atoms with Gasteiger partial charge in [0.05, 0.1) is 11.6 Å². The number of nitrogens with zero attached hydrogens (tertiary/aromatic N) is 1. The molecule has 1 fully saturated rings. The lowest BCUT2D eigenvalue weighted by Gasteiger charge is -2.33. The minimum atomic E-state index is -0.516. The minimum absolute atomic E-state index is 0.0617. The normalized spacial score (nSPS) is 27.7. The highest BCUT2D eigenvalue weighted by Gasteiger charge is 2.34. The molecule has 3 rings (SSSR count). The van der Waals surface area contributed by atoms with Crippen molar-refractivity contribution in [3.8, 4) is 0 Å². The molecule has 6 nitrogen and oxygen atoms in total. The van der Waals surface area contributed by atoms with Gasteiger partial charge in [-0.3, -0.25) is 0 Å². The van der Waals surface area contributed by atoms with Crippen molar-refractivity contribution in [3.05, 3.63) is 41.1 Å². The molecule has 1 saturated carbocycles. The van der Waals surface area contributed by atoms with Gasteiger partial charge in [0, 0.05) is 25.5 Å². The molecule has 152 valence electrons. The van der Waals surface area contributed by atoms with E-state index in [1.165, 1.54) is 0 Å². The number of urea groups is 1. The molecule has 1 aromatic carbocycles. The monoisotopic (exact) mass is 385 g/mol. The topological polar surface area (TPSA) is 70.7 Å². The molecule has 2 N–H and O–H groups in total. The zero-order valence-electron chi connectivity index (χ0n) is 17.4. The van der Waals surface area contributed by atoms with Crippen LogP contribution in [0.4, 0.5) is 10.5 Å². The predicted molar refractivity (Wildman–Crippen MR) is 110 cm³/mol. The van der Waals surface area contributed by atoms with Gasteiger partial charge in [-0.2, -0.15) is 0 Å². The van der Waals surface area contributed by atoms with Crippen molar-refractivity contribution in [2.75, 3.05) is 19.0 Å². The summed E-state index contributed by atoms with van der Waals surface area (Å²) in [5.74, 6) is 0.855. The van der Waals surface area contributed by atoms with E-state index in [-0.39, 0.29) is 18.1 Å². The fraction of sp³-hybridized carbons (Fsp3) is 0.545. The number of amides is 2. The van der Waals surface area contributed by atoms with Crippen LogP contribution in [0.1, 0.15) is 51.6 Å². The predicted octanol–water partition coefficient (Wildman–Crippen LogP) is 3.75. The summed E-state index contributed by atoms with van der Waals surface area (Å²) in [4.78, 5) is 27.1. The van der Waals surface area contributed by atoms with E-state index in [9.17, 15) is 9.59 Å². The Morgan fingerprint density at radius 3 is 2.39 bits per heavy atom. The van der Waals surface area contributed by atoms with Gasteiger partial charge < -0.3 is 20.3 Å². The van der Waals surface area contributed by atoms with Crippen LogP contribution in [0.3, 0.4) is 0 Å². The zero-order chi connectivity index (χ0) is 20.4. The third-order valence-corrected chi connectivity index (χ3v) is 6.06. The summed E-state index contributed by atoms with van der Waals surface area (Å²) in [6, 6.07) is 7.01. The number of rotatable bonds is 4. The largest absolute Gasteiger partial charge is 0.459 e. The summed E-state index contributed by atoms with van der Waals surface area (Å²) in [5.41, 5.74) is 2.94. The molecule has 6 heteroatoms. The van der Waals surface area contributed by atoms with Crippen molar-refractivity contribution in [1.29, 1.82) is 0 Å². The Kier molecular flexibility index (Phi) is 5.96. The van der Waals surface area contributed by atoms with Crippen LogP contribution >= 0.6 is 0 Å². The van der Waals surface area contributed by atoms with E-state index in [1.807, 2.05) is 43.3 Å². The highest BCUT2D eigenvalue weighted by molar-refractivity contribution is 5.95. The van der Waals surface area contributed by atoms with Crippen LogP contribution in [-0.4, -0.2) is 32.2 Å². The van der Waals surface area contributed by atoms with Gasteiger partial charge in [-0.1, -0.05) is 26.0 Å². The molecule has 0 saturated heterocycles. The molecule has 0 spiro atoms. The number of nitrogens with one attached hydrogen (secondary N) is 2. The van der Waals surface area contributed by atoms with Gasteiger partial charge in [0.25, 0.3) is 0 Å². The summed E-state index contributed by atoms with van der Waals surface area (Å²) < 4.78 is 5.87. The average Bonchev–Trinajstić information content (AvgIpc) is 2.64. The first kappa shape index (κ1) is 20.2. The molecule has 1 aliphatic heterocycles. The molecular formula is C22H31N3O3. The summed E-state index contributed by atoms with van der Waals surface area (Å²) in [6.07, 6.45) is 2.79. The Bertz CT molecular complexity index is 770. The van der Waals surface area contributed by atoms with E-state index >= 15 is 0 Å². The lowest BCUT2D eigenvalue weighted by Crippen LogP contribution is -2.45. The molecule has 1 aromatic rings. The molecule has 1 heterocycles. The molecule has 0 unspecified atom stereocenters. The van der Waals surface area contributed by atoms with E-state index in [4.69, 9.17) is 4.74 Å². The summed E-state index contributed by atoms with van der Waals surface area (Å²) in [5, 5.41) is 5.59. The second-order valence-electron chi connectivity index (χ2n) is 8.35. The summed E-state index contributed by atoms with van der Waals surface area (Å²) in [7, 11) is 3.94. The summed E-state index contributed by atoms with van der Waals surface area (Å²) in [6.45, 7) is 6.22. The Balaban J connectivity index is 1.82. The van der Waals surface area contributed by atoms with Crippen LogP contribution in [0.2, 0.25) is 0 Å². The van der Waals surface area contributed by atoms with Crippen molar-refractivity contribution >= 4 is 17.7 Å². The van der Waals surface area contributed by atoms with E-state index in [0.717, 1.165) is 30.5 Å². The molecule has 1 aliphatic carbocycles. The van der Waals surface area contributed by atoms with Gasteiger partial charge in [0.1, 0.15) is 6.10 Å². The van der Waals surface area contributed by atoms with Gasteiger partial charge in [0.15, 0.2) is 0 Å².